The normalized spacial score (nSPS) is 21.7. The summed E-state index contributed by atoms with van der Waals surface area (Å²) in [4.78, 5) is 0. The van der Waals surface area contributed by atoms with Gasteiger partial charge in [-0.25, -0.2) is 0 Å². The highest BCUT2D eigenvalue weighted by atomic mass is 16.8. The van der Waals surface area contributed by atoms with Gasteiger partial charge in [0.25, 0.3) is 0 Å². The second kappa shape index (κ2) is 9.90. The van der Waals surface area contributed by atoms with Crippen LogP contribution in [0.2, 0.25) is 0 Å². The quantitative estimate of drug-likeness (QED) is 0.399. The van der Waals surface area contributed by atoms with Crippen LogP contribution in [0.1, 0.15) is 84.3 Å². The van der Waals surface area contributed by atoms with Crippen molar-refractivity contribution in [3.63, 3.8) is 0 Å². The van der Waals surface area contributed by atoms with Gasteiger partial charge in [0, 0.05) is 12.2 Å². The van der Waals surface area contributed by atoms with Crippen molar-refractivity contribution in [3.05, 3.63) is 71.0 Å². The SMILES string of the molecule is C=C1OC2OC(Oc3c(C=CCOCCCC)cc(C(C)(C)C)cc32)/C1=C/C(=C)C(C)(C)C. The lowest BCUT2D eigenvalue weighted by Crippen LogP contribution is -2.37. The number of allylic oxidation sites excluding steroid dienone is 2. The van der Waals surface area contributed by atoms with Crippen molar-refractivity contribution in [2.45, 2.75) is 79.3 Å². The standard InChI is InChI=1S/C29H40O4/c1-10-11-14-30-15-12-13-21-17-22(29(7,8)9)18-24-25(21)32-26-23(16-19(2)28(4,5)6)20(3)31-27(24)33-26/h12-13,16-18,26-27H,2-3,10-11,14-15H2,1,4-9H3/b13-12?,23-16+. The summed E-state index contributed by atoms with van der Waals surface area (Å²) in [5.74, 6) is 1.35. The molecule has 0 aromatic heterocycles. The van der Waals surface area contributed by atoms with Gasteiger partial charge in [-0.2, -0.15) is 0 Å². The molecule has 180 valence electrons. The summed E-state index contributed by atoms with van der Waals surface area (Å²) in [7, 11) is 0. The van der Waals surface area contributed by atoms with Gasteiger partial charge in [0.1, 0.15) is 11.5 Å². The predicted molar refractivity (Wildman–Crippen MR) is 135 cm³/mol. The Hall–Kier alpha value is -2.30. The second-order valence-corrected chi connectivity index (χ2v) is 10.9. The molecule has 1 fully saturated rings. The molecule has 4 heteroatoms. The summed E-state index contributed by atoms with van der Waals surface area (Å²) in [6, 6.07) is 4.32. The minimum atomic E-state index is -0.587. The molecule has 0 amide bonds. The molecule has 1 aromatic carbocycles. The third-order valence-corrected chi connectivity index (χ3v) is 6.01. The van der Waals surface area contributed by atoms with Gasteiger partial charge in [0.2, 0.25) is 12.6 Å². The fraction of sp³-hybridized carbons (Fsp3) is 0.517. The number of ether oxygens (including phenoxy) is 4. The number of fused-ring (bicyclic) bond motifs is 4. The van der Waals surface area contributed by atoms with Gasteiger partial charge < -0.3 is 14.2 Å². The molecule has 33 heavy (non-hydrogen) atoms. The fourth-order valence-corrected chi connectivity index (χ4v) is 3.55. The maximum atomic E-state index is 6.43. The highest BCUT2D eigenvalue weighted by Crippen LogP contribution is 2.47. The van der Waals surface area contributed by atoms with Gasteiger partial charge >= 0.3 is 0 Å². The monoisotopic (exact) mass is 452 g/mol. The lowest BCUT2D eigenvalue weighted by Gasteiger charge is -2.40. The molecule has 0 saturated carbocycles. The third-order valence-electron chi connectivity index (χ3n) is 6.01. The van der Waals surface area contributed by atoms with Gasteiger partial charge in [-0.05, 0) is 46.6 Å². The van der Waals surface area contributed by atoms with Crippen LogP contribution < -0.4 is 4.74 Å². The topological polar surface area (TPSA) is 36.9 Å². The van der Waals surface area contributed by atoms with Crippen molar-refractivity contribution in [1.82, 2.24) is 0 Å². The molecule has 0 aliphatic carbocycles. The van der Waals surface area contributed by atoms with Crippen LogP contribution in [0.25, 0.3) is 6.08 Å². The first-order valence-corrected chi connectivity index (χ1v) is 11.9. The maximum Gasteiger partial charge on any atom is 0.233 e. The number of rotatable bonds is 7. The van der Waals surface area contributed by atoms with Crippen molar-refractivity contribution < 1.29 is 18.9 Å². The van der Waals surface area contributed by atoms with E-state index in [1.165, 1.54) is 5.56 Å². The zero-order chi connectivity index (χ0) is 24.4. The molecule has 4 nitrogen and oxygen atoms in total. The molecule has 2 bridgehead atoms. The fourth-order valence-electron chi connectivity index (χ4n) is 3.55. The van der Waals surface area contributed by atoms with Crippen LogP contribution in [0.4, 0.5) is 0 Å². The molecule has 2 unspecified atom stereocenters. The first-order chi connectivity index (χ1) is 15.4. The van der Waals surface area contributed by atoms with E-state index in [1.54, 1.807) is 0 Å². The van der Waals surface area contributed by atoms with E-state index in [9.17, 15) is 0 Å². The van der Waals surface area contributed by atoms with Crippen molar-refractivity contribution in [1.29, 1.82) is 0 Å². The summed E-state index contributed by atoms with van der Waals surface area (Å²) >= 11 is 0. The first kappa shape index (κ1) is 25.3. The smallest absolute Gasteiger partial charge is 0.233 e. The van der Waals surface area contributed by atoms with Crippen LogP contribution in [0, 0.1) is 5.41 Å². The van der Waals surface area contributed by atoms with Gasteiger partial charge in [0.15, 0.2) is 0 Å². The van der Waals surface area contributed by atoms with Gasteiger partial charge in [-0.15, -0.1) is 0 Å². The second-order valence-electron chi connectivity index (χ2n) is 10.9. The average molecular weight is 453 g/mol. The average Bonchev–Trinajstić information content (AvgIpc) is 2.72. The van der Waals surface area contributed by atoms with Crippen LogP contribution in [0.3, 0.4) is 0 Å². The molecule has 0 radical (unpaired) electrons. The van der Waals surface area contributed by atoms with E-state index in [-0.39, 0.29) is 10.8 Å². The summed E-state index contributed by atoms with van der Waals surface area (Å²) in [6.45, 7) is 24.8. The molecule has 3 rings (SSSR count). The molecule has 2 aliphatic heterocycles. The van der Waals surface area contributed by atoms with Crippen LogP contribution in [0.15, 0.2) is 54.3 Å². The predicted octanol–water partition coefficient (Wildman–Crippen LogP) is 7.62. The summed E-state index contributed by atoms with van der Waals surface area (Å²) in [5, 5.41) is 0. The molecular weight excluding hydrogens is 412 g/mol. The molecule has 2 heterocycles. The van der Waals surface area contributed by atoms with Crippen LogP contribution in [0.5, 0.6) is 5.75 Å². The Balaban J connectivity index is 1.97. The minimum Gasteiger partial charge on any atom is -0.460 e. The minimum absolute atomic E-state index is 0.0344. The van der Waals surface area contributed by atoms with E-state index in [1.807, 2.05) is 12.2 Å². The lowest BCUT2D eigenvalue weighted by molar-refractivity contribution is -0.233. The van der Waals surface area contributed by atoms with Crippen molar-refractivity contribution in [3.8, 4) is 5.75 Å². The summed E-state index contributed by atoms with van der Waals surface area (Å²) < 4.78 is 24.5. The number of hydrogen-bond donors (Lipinski definition) is 0. The molecular formula is C29H40O4. The zero-order valence-electron chi connectivity index (χ0n) is 21.4. The molecule has 2 atom stereocenters. The van der Waals surface area contributed by atoms with Crippen LogP contribution in [-0.2, 0) is 19.6 Å². The highest BCUT2D eigenvalue weighted by Gasteiger charge is 2.41. The van der Waals surface area contributed by atoms with E-state index in [4.69, 9.17) is 18.9 Å². The molecule has 1 saturated heterocycles. The van der Waals surface area contributed by atoms with E-state index in [0.29, 0.717) is 12.4 Å². The Labute approximate surface area is 200 Å². The third kappa shape index (κ3) is 5.99. The molecule has 0 spiro atoms. The van der Waals surface area contributed by atoms with Gasteiger partial charge in [-0.1, -0.05) is 80.2 Å². The molecule has 0 N–H and O–H groups in total. The largest absolute Gasteiger partial charge is 0.460 e. The van der Waals surface area contributed by atoms with Crippen molar-refractivity contribution in [2.24, 2.45) is 5.41 Å². The Morgan fingerprint density at radius 3 is 2.45 bits per heavy atom. The maximum absolute atomic E-state index is 6.43. The summed E-state index contributed by atoms with van der Waals surface area (Å²) in [6.07, 6.45) is 7.16. The first-order valence-electron chi connectivity index (χ1n) is 11.9. The lowest BCUT2D eigenvalue weighted by atomic mass is 9.84. The zero-order valence-corrected chi connectivity index (χ0v) is 21.4. The van der Waals surface area contributed by atoms with Gasteiger partial charge in [-0.3, -0.25) is 4.74 Å². The Kier molecular flexibility index (Phi) is 7.60. The Morgan fingerprint density at radius 1 is 1.09 bits per heavy atom. The van der Waals surface area contributed by atoms with E-state index < -0.39 is 12.6 Å². The number of unbranched alkanes of at least 4 members (excludes halogenated alkanes) is 1. The molecule has 2 aliphatic rings. The summed E-state index contributed by atoms with van der Waals surface area (Å²) in [5.41, 5.74) is 4.70. The Bertz CT molecular complexity index is 953. The Morgan fingerprint density at radius 2 is 1.82 bits per heavy atom. The van der Waals surface area contributed by atoms with E-state index in [0.717, 1.165) is 47.5 Å². The van der Waals surface area contributed by atoms with Crippen molar-refractivity contribution in [2.75, 3.05) is 13.2 Å². The number of hydrogen-bond acceptors (Lipinski definition) is 4. The van der Waals surface area contributed by atoms with E-state index in [2.05, 4.69) is 79.8 Å². The van der Waals surface area contributed by atoms with Crippen molar-refractivity contribution >= 4 is 6.08 Å². The van der Waals surface area contributed by atoms with E-state index >= 15 is 0 Å². The molecule has 1 aromatic rings. The van der Waals surface area contributed by atoms with Gasteiger partial charge in [0.05, 0.1) is 17.7 Å². The number of benzene rings is 1. The van der Waals surface area contributed by atoms with Crippen LogP contribution in [-0.4, -0.2) is 19.5 Å². The van der Waals surface area contributed by atoms with Crippen LogP contribution >= 0.6 is 0 Å². The highest BCUT2D eigenvalue weighted by molar-refractivity contribution is 5.63.